The van der Waals surface area contributed by atoms with Gasteiger partial charge in [-0.05, 0) is 35.7 Å². The van der Waals surface area contributed by atoms with Gasteiger partial charge >= 0.3 is 0 Å². The lowest BCUT2D eigenvalue weighted by Gasteiger charge is -2.33. The van der Waals surface area contributed by atoms with Crippen LogP contribution in [-0.2, 0) is 16.0 Å². The monoisotopic (exact) mass is 433 g/mol. The molecular formula is C21H24BrNO4. The molecule has 5 nitrogen and oxygen atoms in total. The van der Waals surface area contributed by atoms with Gasteiger partial charge < -0.3 is 19.1 Å². The molecule has 0 bridgehead atoms. The minimum Gasteiger partial charge on any atom is -0.493 e. The maximum Gasteiger partial charge on any atom is 0.223 e. The summed E-state index contributed by atoms with van der Waals surface area (Å²) in [6.45, 7) is 1.76. The number of carbonyl (C=O) groups is 1. The van der Waals surface area contributed by atoms with Gasteiger partial charge in [0.05, 0.1) is 27.4 Å². The van der Waals surface area contributed by atoms with Gasteiger partial charge in [-0.2, -0.15) is 0 Å². The van der Waals surface area contributed by atoms with Gasteiger partial charge in [0.25, 0.3) is 0 Å². The molecule has 1 saturated heterocycles. The fourth-order valence-corrected chi connectivity index (χ4v) is 3.57. The zero-order valence-corrected chi connectivity index (χ0v) is 17.2. The van der Waals surface area contributed by atoms with Gasteiger partial charge in [0.2, 0.25) is 5.91 Å². The number of morpholine rings is 1. The summed E-state index contributed by atoms with van der Waals surface area (Å²) >= 11 is 3.44. The fourth-order valence-electron chi connectivity index (χ4n) is 3.31. The Labute approximate surface area is 168 Å². The second-order valence-electron chi connectivity index (χ2n) is 6.40. The van der Waals surface area contributed by atoms with Crippen molar-refractivity contribution in [3.8, 4) is 11.5 Å². The molecule has 0 spiro atoms. The molecule has 6 heteroatoms. The number of amides is 1. The van der Waals surface area contributed by atoms with Crippen molar-refractivity contribution in [1.29, 1.82) is 0 Å². The number of hydrogen-bond acceptors (Lipinski definition) is 4. The Morgan fingerprint density at radius 1 is 1.19 bits per heavy atom. The molecule has 0 aromatic heterocycles. The zero-order chi connectivity index (χ0) is 19.2. The first-order valence-electron chi connectivity index (χ1n) is 8.97. The molecule has 0 saturated carbocycles. The van der Waals surface area contributed by atoms with Crippen LogP contribution in [0, 0.1) is 0 Å². The van der Waals surface area contributed by atoms with Crippen molar-refractivity contribution < 1.29 is 19.0 Å². The van der Waals surface area contributed by atoms with Crippen molar-refractivity contribution in [2.75, 3.05) is 33.9 Å². The molecule has 1 fully saturated rings. The van der Waals surface area contributed by atoms with E-state index in [-0.39, 0.29) is 12.0 Å². The van der Waals surface area contributed by atoms with Crippen LogP contribution in [0.5, 0.6) is 11.5 Å². The second-order valence-corrected chi connectivity index (χ2v) is 7.32. The van der Waals surface area contributed by atoms with Crippen molar-refractivity contribution in [3.63, 3.8) is 0 Å². The van der Waals surface area contributed by atoms with E-state index in [0.29, 0.717) is 44.0 Å². The minimum atomic E-state index is -0.0813. The van der Waals surface area contributed by atoms with Crippen LogP contribution >= 0.6 is 15.9 Å². The largest absolute Gasteiger partial charge is 0.493 e. The smallest absolute Gasteiger partial charge is 0.223 e. The first-order valence-corrected chi connectivity index (χ1v) is 9.76. The lowest BCUT2D eigenvalue weighted by molar-refractivity contribution is -0.139. The number of carbonyl (C=O) groups excluding carboxylic acids is 1. The van der Waals surface area contributed by atoms with Crippen molar-refractivity contribution in [2.45, 2.75) is 18.9 Å². The number of nitrogens with zero attached hydrogens (tertiary/aromatic N) is 1. The number of rotatable bonds is 6. The van der Waals surface area contributed by atoms with E-state index in [2.05, 4.69) is 15.9 Å². The van der Waals surface area contributed by atoms with Crippen molar-refractivity contribution in [2.24, 2.45) is 0 Å². The summed E-state index contributed by atoms with van der Waals surface area (Å²) < 4.78 is 17.7. The first-order chi connectivity index (χ1) is 13.1. The zero-order valence-electron chi connectivity index (χ0n) is 15.6. The molecule has 2 aromatic rings. The van der Waals surface area contributed by atoms with Crippen LogP contribution < -0.4 is 9.47 Å². The van der Waals surface area contributed by atoms with Crippen LogP contribution in [0.25, 0.3) is 0 Å². The Kier molecular flexibility index (Phi) is 6.74. The van der Waals surface area contributed by atoms with E-state index in [4.69, 9.17) is 14.2 Å². The molecule has 0 radical (unpaired) electrons. The maximum atomic E-state index is 12.7. The van der Waals surface area contributed by atoms with E-state index in [0.717, 1.165) is 15.6 Å². The van der Waals surface area contributed by atoms with E-state index < -0.39 is 0 Å². The van der Waals surface area contributed by atoms with E-state index >= 15 is 0 Å². The third-order valence-corrected chi connectivity index (χ3v) is 5.28. The van der Waals surface area contributed by atoms with Gasteiger partial charge in [0, 0.05) is 17.4 Å². The number of benzene rings is 2. The summed E-state index contributed by atoms with van der Waals surface area (Å²) in [6.07, 6.45) is 0.956. The van der Waals surface area contributed by atoms with Crippen molar-refractivity contribution in [1.82, 2.24) is 4.90 Å². The minimum absolute atomic E-state index is 0.0813. The van der Waals surface area contributed by atoms with Crippen LogP contribution in [0.4, 0.5) is 0 Å². The van der Waals surface area contributed by atoms with Crippen LogP contribution in [0.2, 0.25) is 0 Å². The second kappa shape index (κ2) is 9.24. The Balaban J connectivity index is 1.62. The van der Waals surface area contributed by atoms with Crippen LogP contribution in [0.1, 0.15) is 23.7 Å². The highest BCUT2D eigenvalue weighted by molar-refractivity contribution is 9.10. The van der Waals surface area contributed by atoms with Gasteiger partial charge in [-0.25, -0.2) is 0 Å². The third kappa shape index (κ3) is 4.82. The van der Waals surface area contributed by atoms with Gasteiger partial charge in [0.1, 0.15) is 6.10 Å². The average Bonchev–Trinajstić information content (AvgIpc) is 2.72. The van der Waals surface area contributed by atoms with Gasteiger partial charge in [-0.15, -0.1) is 0 Å². The highest BCUT2D eigenvalue weighted by Gasteiger charge is 2.25. The molecule has 1 amide bonds. The molecule has 1 aliphatic rings. The molecule has 3 rings (SSSR count). The average molecular weight is 434 g/mol. The number of hydrogen-bond donors (Lipinski definition) is 0. The maximum absolute atomic E-state index is 12.7. The van der Waals surface area contributed by atoms with Gasteiger partial charge in [-0.1, -0.05) is 40.2 Å². The summed E-state index contributed by atoms with van der Waals surface area (Å²) in [4.78, 5) is 14.6. The Hall–Kier alpha value is -2.05. The van der Waals surface area contributed by atoms with Crippen molar-refractivity contribution >= 4 is 21.8 Å². The standard InChI is InChI=1S/C21H24BrNO4/c1-25-18-5-3-4-16(21(18)26-2)8-11-20(24)23-12-13-27-19(14-23)15-6-9-17(22)10-7-15/h3-7,9-10,19H,8,11-14H2,1-2H3. The molecule has 0 aliphatic carbocycles. The lowest BCUT2D eigenvalue weighted by Crippen LogP contribution is -2.42. The molecule has 1 atom stereocenters. The number of methoxy groups -OCH3 is 2. The molecule has 1 aliphatic heterocycles. The summed E-state index contributed by atoms with van der Waals surface area (Å²) in [7, 11) is 3.23. The normalized spacial score (nSPS) is 16.9. The molecule has 1 heterocycles. The summed E-state index contributed by atoms with van der Waals surface area (Å²) in [5, 5.41) is 0. The highest BCUT2D eigenvalue weighted by Crippen LogP contribution is 2.31. The Morgan fingerprint density at radius 2 is 1.96 bits per heavy atom. The Morgan fingerprint density at radius 3 is 2.67 bits per heavy atom. The predicted octanol–water partition coefficient (Wildman–Crippen LogP) is 4.00. The van der Waals surface area contributed by atoms with Crippen molar-refractivity contribution in [3.05, 3.63) is 58.1 Å². The SMILES string of the molecule is COc1cccc(CCC(=O)N2CCOC(c3ccc(Br)cc3)C2)c1OC. The summed E-state index contributed by atoms with van der Waals surface area (Å²) in [6, 6.07) is 13.8. The topological polar surface area (TPSA) is 48.0 Å². The van der Waals surface area contributed by atoms with E-state index in [1.807, 2.05) is 47.4 Å². The molecule has 144 valence electrons. The molecule has 2 aromatic carbocycles. The lowest BCUT2D eigenvalue weighted by atomic mass is 10.1. The number of aryl methyl sites for hydroxylation is 1. The molecule has 0 N–H and O–H groups in total. The quantitative estimate of drug-likeness (QED) is 0.690. The molecule has 1 unspecified atom stereocenters. The number of ether oxygens (including phenoxy) is 3. The predicted molar refractivity (Wildman–Crippen MR) is 107 cm³/mol. The first kappa shape index (κ1) is 19.7. The highest BCUT2D eigenvalue weighted by atomic mass is 79.9. The van der Waals surface area contributed by atoms with Crippen LogP contribution in [0.15, 0.2) is 46.9 Å². The Bertz CT molecular complexity index is 778. The van der Waals surface area contributed by atoms with E-state index in [1.54, 1.807) is 14.2 Å². The van der Waals surface area contributed by atoms with Gasteiger partial charge in [0.15, 0.2) is 11.5 Å². The summed E-state index contributed by atoms with van der Waals surface area (Å²) in [5.41, 5.74) is 2.06. The number of para-hydroxylation sites is 1. The fraction of sp³-hybridized carbons (Fsp3) is 0.381. The van der Waals surface area contributed by atoms with E-state index in [1.165, 1.54) is 0 Å². The number of halogens is 1. The molecular weight excluding hydrogens is 410 g/mol. The molecule has 27 heavy (non-hydrogen) atoms. The van der Waals surface area contributed by atoms with Gasteiger partial charge in [-0.3, -0.25) is 4.79 Å². The van der Waals surface area contributed by atoms with E-state index in [9.17, 15) is 4.79 Å². The third-order valence-electron chi connectivity index (χ3n) is 4.75. The van der Waals surface area contributed by atoms with Crippen LogP contribution in [-0.4, -0.2) is 44.7 Å². The van der Waals surface area contributed by atoms with Crippen LogP contribution in [0.3, 0.4) is 0 Å². The summed E-state index contributed by atoms with van der Waals surface area (Å²) in [5.74, 6) is 1.51.